The second-order valence-electron chi connectivity index (χ2n) is 5.05. The third-order valence-corrected chi connectivity index (χ3v) is 3.33. The molecule has 2 rings (SSSR count). The van der Waals surface area contributed by atoms with Crippen LogP contribution in [-0.4, -0.2) is 16.2 Å². The first kappa shape index (κ1) is 16.3. The van der Waals surface area contributed by atoms with E-state index in [-0.39, 0.29) is 10.8 Å². The number of ether oxygens (including phenoxy) is 1. The second-order valence-corrected chi connectivity index (χ2v) is 5.48. The average Bonchev–Trinajstić information content (AvgIpc) is 2.41. The Balaban J connectivity index is 2.17. The molecule has 0 saturated heterocycles. The first-order valence-corrected chi connectivity index (χ1v) is 6.83. The van der Waals surface area contributed by atoms with Crippen molar-refractivity contribution >= 4 is 17.6 Å². The van der Waals surface area contributed by atoms with Crippen molar-refractivity contribution in [2.24, 2.45) is 0 Å². The van der Waals surface area contributed by atoms with Gasteiger partial charge in [-0.1, -0.05) is 23.7 Å². The zero-order valence-corrected chi connectivity index (χ0v) is 12.5. The van der Waals surface area contributed by atoms with Gasteiger partial charge in [0.05, 0.1) is 12.0 Å². The van der Waals surface area contributed by atoms with E-state index in [4.69, 9.17) is 21.4 Å². The minimum absolute atomic E-state index is 0.0226. The largest absolute Gasteiger partial charge is 0.481 e. The van der Waals surface area contributed by atoms with E-state index in [1.807, 2.05) is 0 Å². The molecule has 0 saturated carbocycles. The number of aliphatic hydroxyl groups is 1. The summed E-state index contributed by atoms with van der Waals surface area (Å²) < 4.78 is 19.0. The van der Waals surface area contributed by atoms with Crippen LogP contribution in [0.15, 0.2) is 42.5 Å². The summed E-state index contributed by atoms with van der Waals surface area (Å²) in [6.45, 7) is 1.41. The Morgan fingerprint density at radius 1 is 1.27 bits per heavy atom. The molecule has 2 N–H and O–H groups in total. The lowest BCUT2D eigenvalue weighted by Crippen LogP contribution is -2.24. The Labute approximate surface area is 131 Å². The first-order valence-electron chi connectivity index (χ1n) is 6.45. The van der Waals surface area contributed by atoms with Gasteiger partial charge in [0.25, 0.3) is 0 Å². The molecule has 1 unspecified atom stereocenters. The van der Waals surface area contributed by atoms with Crippen molar-refractivity contribution < 1.29 is 24.1 Å². The number of carboxylic acids is 1. The van der Waals surface area contributed by atoms with Gasteiger partial charge in [0.15, 0.2) is 11.6 Å². The smallest absolute Gasteiger partial charge is 0.306 e. The van der Waals surface area contributed by atoms with Crippen LogP contribution in [0.2, 0.25) is 5.02 Å². The van der Waals surface area contributed by atoms with Crippen molar-refractivity contribution in [3.05, 3.63) is 58.9 Å². The average molecular weight is 325 g/mol. The fourth-order valence-electron chi connectivity index (χ4n) is 1.96. The Bertz CT molecular complexity index is 683. The van der Waals surface area contributed by atoms with E-state index in [2.05, 4.69) is 0 Å². The Morgan fingerprint density at radius 2 is 1.91 bits per heavy atom. The molecule has 0 bridgehead atoms. The summed E-state index contributed by atoms with van der Waals surface area (Å²) >= 11 is 5.66. The van der Waals surface area contributed by atoms with Gasteiger partial charge in [0, 0.05) is 5.02 Å². The third kappa shape index (κ3) is 3.96. The Hall–Kier alpha value is -2.11. The number of aliphatic carboxylic acids is 1. The van der Waals surface area contributed by atoms with Gasteiger partial charge in [-0.15, -0.1) is 0 Å². The molecule has 4 nitrogen and oxygen atoms in total. The predicted octanol–water partition coefficient (Wildman–Crippen LogP) is 3.95. The van der Waals surface area contributed by atoms with Gasteiger partial charge in [0.2, 0.25) is 0 Å². The van der Waals surface area contributed by atoms with Crippen LogP contribution in [0.1, 0.15) is 18.9 Å². The van der Waals surface area contributed by atoms with Crippen molar-refractivity contribution in [3.8, 4) is 11.5 Å². The maximum absolute atomic E-state index is 13.6. The molecule has 0 spiro atoms. The van der Waals surface area contributed by atoms with Crippen LogP contribution in [0.4, 0.5) is 4.39 Å². The maximum atomic E-state index is 13.6. The lowest BCUT2D eigenvalue weighted by Gasteiger charge is -2.21. The van der Waals surface area contributed by atoms with Crippen LogP contribution in [-0.2, 0) is 10.4 Å². The minimum atomic E-state index is -1.49. The summed E-state index contributed by atoms with van der Waals surface area (Å²) in [7, 11) is 0. The molecule has 1 atom stereocenters. The van der Waals surface area contributed by atoms with E-state index < -0.39 is 23.8 Å². The monoisotopic (exact) mass is 324 g/mol. The minimum Gasteiger partial charge on any atom is -0.481 e. The summed E-state index contributed by atoms with van der Waals surface area (Å²) in [6, 6.07) is 10.2. The molecule has 2 aromatic carbocycles. The van der Waals surface area contributed by atoms with Gasteiger partial charge < -0.3 is 14.9 Å². The molecule has 0 aliphatic carbocycles. The maximum Gasteiger partial charge on any atom is 0.306 e. The van der Waals surface area contributed by atoms with E-state index in [1.54, 1.807) is 0 Å². The van der Waals surface area contributed by atoms with Crippen LogP contribution < -0.4 is 4.74 Å². The van der Waals surface area contributed by atoms with Gasteiger partial charge in [-0.05, 0) is 42.8 Å². The number of hydrogen-bond acceptors (Lipinski definition) is 3. The highest BCUT2D eigenvalue weighted by atomic mass is 35.5. The van der Waals surface area contributed by atoms with Crippen molar-refractivity contribution in [1.29, 1.82) is 0 Å². The molecule has 0 fully saturated rings. The molecule has 116 valence electrons. The molecule has 22 heavy (non-hydrogen) atoms. The van der Waals surface area contributed by atoms with Crippen LogP contribution in [0.25, 0.3) is 0 Å². The lowest BCUT2D eigenvalue weighted by molar-refractivity contribution is -0.142. The summed E-state index contributed by atoms with van der Waals surface area (Å²) in [5.74, 6) is -1.31. The Morgan fingerprint density at radius 3 is 2.45 bits per heavy atom. The van der Waals surface area contributed by atoms with Gasteiger partial charge in [-0.3, -0.25) is 4.79 Å². The summed E-state index contributed by atoms with van der Waals surface area (Å²) in [6.07, 6.45) is -0.418. The fraction of sp³-hybridized carbons (Fsp3) is 0.188. The summed E-state index contributed by atoms with van der Waals surface area (Å²) in [5.41, 5.74) is -1.06. The molecule has 6 heteroatoms. The highest BCUT2D eigenvalue weighted by molar-refractivity contribution is 6.30. The molecule has 0 amide bonds. The zero-order valence-electron chi connectivity index (χ0n) is 11.7. The highest BCUT2D eigenvalue weighted by Crippen LogP contribution is 2.30. The van der Waals surface area contributed by atoms with Gasteiger partial charge in [0.1, 0.15) is 5.75 Å². The molecule has 0 aromatic heterocycles. The number of carbonyl (C=O) groups is 1. The summed E-state index contributed by atoms with van der Waals surface area (Å²) in [5, 5.41) is 19.2. The van der Waals surface area contributed by atoms with Gasteiger partial charge >= 0.3 is 5.97 Å². The molecule has 0 heterocycles. The SMILES string of the molecule is CC(O)(CC(=O)O)c1ccc(Oc2ccc(Cl)cc2F)cc1. The number of carboxylic acid groups (broad SMARTS) is 1. The van der Waals surface area contributed by atoms with Gasteiger partial charge in [-0.2, -0.15) is 0 Å². The van der Waals surface area contributed by atoms with Crippen LogP contribution in [0.3, 0.4) is 0 Å². The topological polar surface area (TPSA) is 66.8 Å². The quantitative estimate of drug-likeness (QED) is 0.873. The lowest BCUT2D eigenvalue weighted by atomic mass is 9.93. The molecule has 0 aliphatic rings. The highest BCUT2D eigenvalue weighted by Gasteiger charge is 2.26. The summed E-state index contributed by atoms with van der Waals surface area (Å²) in [4.78, 5) is 10.7. The normalized spacial score (nSPS) is 13.5. The van der Waals surface area contributed by atoms with E-state index >= 15 is 0 Å². The molecular weight excluding hydrogens is 311 g/mol. The van der Waals surface area contributed by atoms with E-state index in [0.717, 1.165) is 6.07 Å². The number of halogens is 2. The van der Waals surface area contributed by atoms with Crippen LogP contribution >= 0.6 is 11.6 Å². The predicted molar refractivity (Wildman–Crippen MR) is 79.7 cm³/mol. The van der Waals surface area contributed by atoms with Crippen molar-refractivity contribution in [3.63, 3.8) is 0 Å². The number of rotatable bonds is 5. The third-order valence-electron chi connectivity index (χ3n) is 3.09. The number of hydrogen-bond donors (Lipinski definition) is 2. The molecule has 0 aliphatic heterocycles. The molecule has 2 aromatic rings. The Kier molecular flexibility index (Phi) is 4.68. The number of benzene rings is 2. The van der Waals surface area contributed by atoms with E-state index in [9.17, 15) is 14.3 Å². The second kappa shape index (κ2) is 6.34. The molecular formula is C16H14ClFO4. The van der Waals surface area contributed by atoms with Crippen molar-refractivity contribution in [2.75, 3.05) is 0 Å². The van der Waals surface area contributed by atoms with Crippen molar-refractivity contribution in [2.45, 2.75) is 18.9 Å². The molecule has 0 radical (unpaired) electrons. The fourth-order valence-corrected chi connectivity index (χ4v) is 2.12. The zero-order chi connectivity index (χ0) is 16.3. The van der Waals surface area contributed by atoms with Crippen LogP contribution in [0, 0.1) is 5.82 Å². The first-order chi connectivity index (χ1) is 10.3. The van der Waals surface area contributed by atoms with Crippen molar-refractivity contribution in [1.82, 2.24) is 0 Å². The van der Waals surface area contributed by atoms with Gasteiger partial charge in [-0.25, -0.2) is 4.39 Å². The standard InChI is InChI=1S/C16H14ClFO4/c1-16(21,9-15(19)20)10-2-5-12(6-3-10)22-14-7-4-11(17)8-13(14)18/h2-8,21H,9H2,1H3,(H,19,20). The van der Waals surface area contributed by atoms with E-state index in [0.29, 0.717) is 11.3 Å². The van der Waals surface area contributed by atoms with Crippen LogP contribution in [0.5, 0.6) is 11.5 Å². The van der Waals surface area contributed by atoms with E-state index in [1.165, 1.54) is 43.3 Å².